The molecule has 0 aromatic heterocycles. The molecular weight excluding hydrogens is 421 g/mol. The topological polar surface area (TPSA) is 108 Å². The zero-order valence-corrected chi connectivity index (χ0v) is 19.6. The van der Waals surface area contributed by atoms with Crippen LogP contribution in [0.1, 0.15) is 0 Å². The fourth-order valence-electron chi connectivity index (χ4n) is 1.50. The molecule has 0 aliphatic rings. The zero-order valence-electron chi connectivity index (χ0n) is 12.5. The van der Waals surface area contributed by atoms with E-state index in [0.29, 0.717) is 10.6 Å². The molecule has 0 saturated heterocycles. The Morgan fingerprint density at radius 2 is 1.46 bits per heavy atom. The molecular formula is C12H6Cl2Na2O6S2. The Hall–Kier alpha value is 0.550. The Balaban J connectivity index is 0. The molecule has 2 aromatic rings. The molecule has 0 aliphatic heterocycles. The number of rotatable bonds is 2. The summed E-state index contributed by atoms with van der Waals surface area (Å²) in [5.74, 6) is 0. The molecule has 0 fully saturated rings. The molecule has 12 heteroatoms. The average Bonchev–Trinajstić information content (AvgIpc) is 2.38. The fraction of sp³-hybridized carbons (Fsp3) is 0. The van der Waals surface area contributed by atoms with Crippen LogP contribution in [-0.2, 0) is 20.7 Å². The van der Waals surface area contributed by atoms with Crippen LogP contribution < -0.4 is 59.1 Å². The van der Waals surface area contributed by atoms with Crippen LogP contribution in [0.4, 0.5) is 0 Å². The maximum absolute atomic E-state index is 11.2. The van der Waals surface area contributed by atoms with Gasteiger partial charge < -0.3 is 4.55 Å². The molecule has 0 aliphatic carbocycles. The van der Waals surface area contributed by atoms with Crippen molar-refractivity contribution in [2.75, 3.05) is 0 Å². The Morgan fingerprint density at radius 3 is 1.88 bits per heavy atom. The first-order valence-corrected chi connectivity index (χ1v) is 8.47. The van der Waals surface area contributed by atoms with Gasteiger partial charge in [-0.25, -0.2) is 8.42 Å². The summed E-state index contributed by atoms with van der Waals surface area (Å²) in [4.78, 5) is -0.367. The van der Waals surface area contributed by atoms with E-state index in [1.807, 2.05) is 0 Å². The van der Waals surface area contributed by atoms with Crippen molar-refractivity contribution in [1.29, 1.82) is 0 Å². The summed E-state index contributed by atoms with van der Waals surface area (Å²) in [6, 6.07) is 11.6. The third kappa shape index (κ3) is 9.30. The summed E-state index contributed by atoms with van der Waals surface area (Å²) in [6.07, 6.45) is 0. The molecule has 2 aromatic carbocycles. The van der Waals surface area contributed by atoms with Gasteiger partial charge in [-0.05, 0) is 11.1 Å². The molecule has 2 rings (SSSR count). The van der Waals surface area contributed by atoms with Crippen LogP contribution in [0.2, 0.25) is 10.0 Å². The van der Waals surface area contributed by atoms with Gasteiger partial charge in [0, 0.05) is 9.92 Å². The molecule has 118 valence electrons. The van der Waals surface area contributed by atoms with Crippen LogP contribution in [0, 0.1) is 6.07 Å². The van der Waals surface area contributed by atoms with Crippen molar-refractivity contribution in [2.24, 2.45) is 0 Å². The number of hydrogen-bond acceptors (Lipinski definition) is 6. The van der Waals surface area contributed by atoms with E-state index >= 15 is 0 Å². The van der Waals surface area contributed by atoms with E-state index in [4.69, 9.17) is 35.8 Å². The molecule has 0 N–H and O–H groups in total. The third-order valence-corrected chi connectivity index (χ3v) is 3.62. The smallest absolute Gasteiger partial charge is 0.745 e. The van der Waals surface area contributed by atoms with Crippen molar-refractivity contribution >= 4 is 43.9 Å². The van der Waals surface area contributed by atoms with Gasteiger partial charge in [0.25, 0.3) is 0 Å². The Bertz CT molecular complexity index is 878. The van der Waals surface area contributed by atoms with Gasteiger partial charge in [0.05, 0.1) is 0 Å². The largest absolute Gasteiger partial charge is 1.00 e. The van der Waals surface area contributed by atoms with E-state index < -0.39 is 20.7 Å². The molecule has 0 heterocycles. The van der Waals surface area contributed by atoms with Gasteiger partial charge in [0.2, 0.25) is 0 Å². The molecule has 0 unspecified atom stereocenters. The van der Waals surface area contributed by atoms with Gasteiger partial charge in [-0.2, -0.15) is 0 Å². The van der Waals surface area contributed by atoms with E-state index in [2.05, 4.69) is 6.07 Å². The van der Waals surface area contributed by atoms with Crippen LogP contribution in [0.15, 0.2) is 41.3 Å². The van der Waals surface area contributed by atoms with Gasteiger partial charge in [0.1, 0.15) is 10.1 Å². The predicted molar refractivity (Wildman–Crippen MR) is 78.4 cm³/mol. The molecule has 0 bridgehead atoms. The molecule has 0 spiro atoms. The van der Waals surface area contributed by atoms with E-state index in [-0.39, 0.29) is 74.6 Å². The predicted octanol–water partition coefficient (Wildman–Crippen LogP) is -3.63. The van der Waals surface area contributed by atoms with Crippen LogP contribution in [0.3, 0.4) is 0 Å². The summed E-state index contributed by atoms with van der Waals surface area (Å²) >= 11 is 11.4. The Kier molecular flexibility index (Phi) is 13.4. The van der Waals surface area contributed by atoms with E-state index in [0.717, 1.165) is 6.07 Å². The van der Waals surface area contributed by atoms with Crippen LogP contribution >= 0.6 is 23.2 Å². The number of hydrogen-bond donors (Lipinski definition) is 0. The third-order valence-electron chi connectivity index (χ3n) is 2.28. The summed E-state index contributed by atoms with van der Waals surface area (Å²) in [6.45, 7) is 0. The second-order valence-corrected chi connectivity index (χ2v) is 6.35. The average molecular weight is 427 g/mol. The van der Waals surface area contributed by atoms with Crippen molar-refractivity contribution < 1.29 is 84.7 Å². The standard InChI is InChI=1S/C12H7Cl2O3S.2Na.O3S/c13-9-3-1-8(2-4-9)11-6-5-10(14)7-12(11)18(15,16)17;;;1-4(2)3/h1,3-7H,(H,15,16,17);;;/q-1;2*+1;/p-1. The fourth-order valence-corrected chi connectivity index (χ4v) is 2.57. The second kappa shape index (κ2) is 12.0. The molecule has 0 amide bonds. The summed E-state index contributed by atoms with van der Waals surface area (Å²) in [5, 5.41) is 0.654. The Labute approximate surface area is 194 Å². The summed E-state index contributed by atoms with van der Waals surface area (Å²) in [7, 11) is -7.71. The van der Waals surface area contributed by atoms with Crippen molar-refractivity contribution in [3.05, 3.63) is 52.5 Å². The summed E-state index contributed by atoms with van der Waals surface area (Å²) in [5.41, 5.74) is 0.719. The van der Waals surface area contributed by atoms with Gasteiger partial charge in [0.15, 0.2) is 0 Å². The van der Waals surface area contributed by atoms with Gasteiger partial charge in [-0.15, -0.1) is 54.1 Å². The number of halogens is 2. The van der Waals surface area contributed by atoms with Crippen molar-refractivity contribution in [2.45, 2.75) is 4.90 Å². The maximum atomic E-state index is 11.2. The molecule has 6 nitrogen and oxygen atoms in total. The number of benzene rings is 2. The van der Waals surface area contributed by atoms with Gasteiger partial charge in [-0.3, -0.25) is 0 Å². The molecule has 0 atom stereocenters. The summed E-state index contributed by atoms with van der Waals surface area (Å²) < 4.78 is 58.9. The quantitative estimate of drug-likeness (QED) is 0.278. The second-order valence-electron chi connectivity index (χ2n) is 3.72. The van der Waals surface area contributed by atoms with E-state index in [9.17, 15) is 13.0 Å². The van der Waals surface area contributed by atoms with Crippen LogP contribution in [0.25, 0.3) is 11.1 Å². The van der Waals surface area contributed by atoms with E-state index in [1.165, 1.54) is 18.2 Å². The Morgan fingerprint density at radius 1 is 0.958 bits per heavy atom. The first kappa shape index (κ1) is 26.8. The first-order valence-electron chi connectivity index (χ1n) is 5.31. The minimum atomic E-state index is -4.60. The molecule has 24 heavy (non-hydrogen) atoms. The van der Waals surface area contributed by atoms with Crippen LogP contribution in [0.5, 0.6) is 0 Å². The van der Waals surface area contributed by atoms with Crippen LogP contribution in [-0.4, -0.2) is 25.6 Å². The van der Waals surface area contributed by atoms with Crippen molar-refractivity contribution in [3.63, 3.8) is 0 Å². The molecule has 0 radical (unpaired) electrons. The molecule has 0 saturated carbocycles. The monoisotopic (exact) mass is 426 g/mol. The van der Waals surface area contributed by atoms with Gasteiger partial charge in [-0.1, -0.05) is 29.3 Å². The SMILES string of the molecule is O=S(=O)([O-])c1cc(Cl)ccc1-c1[c-]cc(Cl)cc1.O=S(=O)=O.[Na+].[Na+]. The van der Waals surface area contributed by atoms with Gasteiger partial charge >= 0.3 is 69.7 Å². The zero-order chi connectivity index (χ0) is 16.9. The van der Waals surface area contributed by atoms with E-state index in [1.54, 1.807) is 12.1 Å². The normalized spacial score (nSPS) is 9.62. The minimum absolute atomic E-state index is 0. The van der Waals surface area contributed by atoms with Crippen molar-refractivity contribution in [1.82, 2.24) is 0 Å². The minimum Gasteiger partial charge on any atom is -0.745 e. The maximum Gasteiger partial charge on any atom is 1.00 e. The van der Waals surface area contributed by atoms with Crippen molar-refractivity contribution in [3.8, 4) is 11.1 Å². The first-order chi connectivity index (χ1) is 10.1.